The Balaban J connectivity index is 0.547. The van der Waals surface area contributed by atoms with E-state index in [1.807, 2.05) is 66.9 Å². The molecule has 16 heteroatoms. The lowest BCUT2D eigenvalue weighted by molar-refractivity contribution is -0.258. The Morgan fingerprint density at radius 2 is 0.736 bits per heavy atom. The quantitative estimate of drug-likeness (QED) is 0.0312. The van der Waals surface area contributed by atoms with Crippen molar-refractivity contribution >= 4 is 90.2 Å². The van der Waals surface area contributed by atoms with E-state index < -0.39 is 38.4 Å². The van der Waals surface area contributed by atoms with Crippen molar-refractivity contribution in [2.24, 2.45) is 0 Å². The molecule has 0 amide bonds. The highest BCUT2D eigenvalue weighted by molar-refractivity contribution is 8.14. The van der Waals surface area contributed by atoms with Gasteiger partial charge in [0.2, 0.25) is 0 Å². The van der Waals surface area contributed by atoms with Crippen molar-refractivity contribution in [2.75, 3.05) is 9.80 Å². The number of anilines is 6. The molecule has 121 heavy (non-hydrogen) atoms. The first-order valence-electron chi connectivity index (χ1n) is 42.3. The van der Waals surface area contributed by atoms with Crippen LogP contribution >= 0.6 is 35.3 Å². The fraction of sp³-hybridized carbons (Fsp3) is 0.248. The highest BCUT2D eigenvalue weighted by atomic mass is 32.2. The maximum absolute atomic E-state index is 16.6. The summed E-state index contributed by atoms with van der Waals surface area (Å²) in [5.74, 6) is -15.0. The van der Waals surface area contributed by atoms with Crippen LogP contribution in [0.25, 0.3) is 65.5 Å². The van der Waals surface area contributed by atoms with Crippen molar-refractivity contribution in [3.8, 4) is 56.1 Å². The number of aromatic nitrogens is 3. The molecule has 2 unspecified atom stereocenters. The van der Waals surface area contributed by atoms with Gasteiger partial charge in [-0.05, 0) is 214 Å². The summed E-state index contributed by atoms with van der Waals surface area (Å²) in [4.78, 5) is 10.5. The van der Waals surface area contributed by atoms with Crippen molar-refractivity contribution in [1.29, 1.82) is 0 Å². The molecule has 0 spiro atoms. The molecule has 13 aromatic rings. The summed E-state index contributed by atoms with van der Waals surface area (Å²) in [5.41, 5.74) is 18.9. The monoisotopic (exact) mass is 1670 g/mol. The molecule has 2 aromatic heterocycles. The van der Waals surface area contributed by atoms with Crippen LogP contribution in [0, 0.1) is 0 Å². The van der Waals surface area contributed by atoms with Gasteiger partial charge in [0.1, 0.15) is 35.7 Å². The van der Waals surface area contributed by atoms with Crippen LogP contribution in [0.15, 0.2) is 320 Å². The largest absolute Gasteiger partial charge is 0.489 e. The number of unbranched alkanes of at least 4 members (excludes halogenated alkanes) is 10. The van der Waals surface area contributed by atoms with Gasteiger partial charge in [-0.3, -0.25) is 4.98 Å². The molecule has 0 radical (unpaired) electrons. The summed E-state index contributed by atoms with van der Waals surface area (Å²) in [5, 5.41) is 0. The lowest BCUT2D eigenvalue weighted by Gasteiger charge is -2.47. The molecule has 7 nitrogen and oxygen atoms in total. The number of pyridine rings is 1. The number of halogens is 6. The third-order valence-electron chi connectivity index (χ3n) is 25.2. The number of hydrogen-bond acceptors (Lipinski definition) is 10. The SMILES string of the molecule is CCCCCCCCC1(CCCCCCCC)c2cc(-c3ccc(COc4ccc(C5=CC6=C7C(=C8C=C(c9ccc(OCc%10ccc(-c%11cnc(-c%12ccc(N(c%13ccccc%13)c%13ccccc%13)cc%12)c%12nsnc%11%12)cc%10)cc9)SC8(C)C6(C)S5)C(F)(F)C(F)(F)C7(F)F)cc4)cc3)ccc2-c2ccc(N(c3ccccc3)c3ccccc3)cc21. The second-order valence-electron chi connectivity index (χ2n) is 32.8. The molecule has 0 N–H and O–H groups in total. The van der Waals surface area contributed by atoms with E-state index in [4.69, 9.17) is 23.2 Å². The number of fused-ring (bicyclic) bond motifs is 8. The van der Waals surface area contributed by atoms with E-state index in [1.54, 1.807) is 62.4 Å². The van der Waals surface area contributed by atoms with Gasteiger partial charge >= 0.3 is 17.8 Å². The van der Waals surface area contributed by atoms with Crippen molar-refractivity contribution in [3.05, 3.63) is 353 Å². The Morgan fingerprint density at radius 3 is 1.21 bits per heavy atom. The van der Waals surface area contributed by atoms with Crippen LogP contribution in [0.2, 0.25) is 0 Å². The third kappa shape index (κ3) is 14.9. The molecule has 2 aliphatic heterocycles. The Hall–Kier alpha value is -11.2. The molecule has 610 valence electrons. The van der Waals surface area contributed by atoms with Gasteiger partial charge in [-0.25, -0.2) is 0 Å². The first-order valence-corrected chi connectivity index (χ1v) is 44.7. The molecule has 5 aliphatic rings. The smallest absolute Gasteiger partial charge is 0.380 e. The fourth-order valence-electron chi connectivity index (χ4n) is 18.6. The predicted octanol–water partition coefficient (Wildman–Crippen LogP) is 30.9. The van der Waals surface area contributed by atoms with Crippen LogP contribution in [-0.4, -0.2) is 41.0 Å². The van der Waals surface area contributed by atoms with E-state index >= 15 is 26.3 Å². The minimum absolute atomic E-state index is 0.179. The summed E-state index contributed by atoms with van der Waals surface area (Å²) in [6.45, 7) is 8.46. The lowest BCUT2D eigenvalue weighted by Crippen LogP contribution is -2.48. The number of hydrogen-bond donors (Lipinski definition) is 0. The van der Waals surface area contributed by atoms with E-state index in [1.165, 1.54) is 128 Å². The van der Waals surface area contributed by atoms with Gasteiger partial charge in [-0.15, -0.1) is 23.5 Å². The summed E-state index contributed by atoms with van der Waals surface area (Å²) in [6, 6.07) is 95.3. The highest BCUT2D eigenvalue weighted by Crippen LogP contribution is 2.75. The molecular formula is C105H93F6N5O2S3. The number of rotatable bonds is 31. The predicted molar refractivity (Wildman–Crippen MR) is 488 cm³/mol. The Morgan fingerprint density at radius 1 is 0.355 bits per heavy atom. The van der Waals surface area contributed by atoms with Crippen LogP contribution in [0.1, 0.15) is 151 Å². The second kappa shape index (κ2) is 33.7. The molecule has 18 rings (SSSR count). The summed E-state index contributed by atoms with van der Waals surface area (Å²) >= 11 is 3.59. The average Bonchev–Trinajstić information content (AvgIpc) is 1.48. The number of allylic oxidation sites excluding steroid dienone is 4. The minimum Gasteiger partial charge on any atom is -0.489 e. The molecule has 2 atom stereocenters. The second-order valence-corrected chi connectivity index (χ2v) is 36.2. The van der Waals surface area contributed by atoms with Gasteiger partial charge in [0.25, 0.3) is 0 Å². The molecule has 3 aliphatic carbocycles. The normalized spacial score (nSPS) is 18.0. The van der Waals surface area contributed by atoms with Crippen molar-refractivity contribution < 1.29 is 35.8 Å². The van der Waals surface area contributed by atoms with E-state index in [0.717, 1.165) is 116 Å². The van der Waals surface area contributed by atoms with Crippen LogP contribution < -0.4 is 19.3 Å². The zero-order valence-corrected chi connectivity index (χ0v) is 70.6. The van der Waals surface area contributed by atoms with E-state index in [-0.39, 0.29) is 29.8 Å². The average molecular weight is 1670 g/mol. The first-order chi connectivity index (χ1) is 58.9. The number of para-hydroxylation sites is 4. The highest BCUT2D eigenvalue weighted by Gasteiger charge is 2.84. The standard InChI is InChI=1S/C105H93F6N5O2S3/c1-5-7-9-11-13-27-61-102(62-28-14-12-10-8-6-2)89-63-77(51-59-86(89)87-60-54-83(64-90(87)102)116(80-33-23-17-24-34-80)81-35-25-18-26-36-81)72-41-37-70(38-42-72)68-117-84-55-47-74(48-56-84)93-65-91-95-96(104(108,109)105(110,111)103(95,106)107)92-66-94(120-101(92,4)100(91,3)119-93)75-49-57-85(58-50-75)118-69-71-39-43-73(44-40-71)88-67-112-97(99-98(88)113-121-114-99)76-45-52-82(53-46-76)115(78-29-19-15-20-30-78)79-31-21-16-22-32-79/h15-26,29-60,63-67H,5-14,27-28,61-62,68-69H2,1-4H3. The van der Waals surface area contributed by atoms with Crippen LogP contribution in [0.4, 0.5) is 60.5 Å². The van der Waals surface area contributed by atoms with Crippen molar-refractivity contribution in [2.45, 2.75) is 163 Å². The van der Waals surface area contributed by atoms with Gasteiger partial charge in [0.05, 0.1) is 26.9 Å². The van der Waals surface area contributed by atoms with E-state index in [2.05, 4.69) is 194 Å². The van der Waals surface area contributed by atoms with Gasteiger partial charge in [0, 0.05) is 77.8 Å². The molecular weight excluding hydrogens is 1570 g/mol. The first kappa shape index (κ1) is 80.9. The molecule has 11 aromatic carbocycles. The molecule has 4 heterocycles. The van der Waals surface area contributed by atoms with Gasteiger partial charge in [-0.2, -0.15) is 35.1 Å². The maximum Gasteiger partial charge on any atom is 0.380 e. The molecule has 1 saturated carbocycles. The maximum atomic E-state index is 16.6. The molecule has 0 bridgehead atoms. The Labute approximate surface area is 717 Å². The Bertz CT molecular complexity index is 5970. The van der Waals surface area contributed by atoms with E-state index in [0.29, 0.717) is 38.0 Å². The summed E-state index contributed by atoms with van der Waals surface area (Å²) in [7, 11) is 0. The molecule has 1 fully saturated rings. The minimum atomic E-state index is -5.69. The number of ether oxygens (including phenoxy) is 2. The third-order valence-corrected chi connectivity index (χ3v) is 29.1. The Kier molecular flexibility index (Phi) is 22.5. The van der Waals surface area contributed by atoms with Crippen molar-refractivity contribution in [1.82, 2.24) is 13.7 Å². The zero-order chi connectivity index (χ0) is 83.1. The zero-order valence-electron chi connectivity index (χ0n) is 68.1. The summed E-state index contributed by atoms with van der Waals surface area (Å²) < 4.78 is 118. The summed E-state index contributed by atoms with van der Waals surface area (Å²) in [6.07, 6.45) is 21.6. The van der Waals surface area contributed by atoms with Crippen LogP contribution in [0.5, 0.6) is 11.5 Å². The number of thioether (sulfide) groups is 2. The van der Waals surface area contributed by atoms with Crippen molar-refractivity contribution in [3.63, 3.8) is 0 Å². The number of benzene rings is 11. The van der Waals surface area contributed by atoms with Crippen LogP contribution in [0.3, 0.4) is 0 Å². The number of nitrogens with zero attached hydrogens (tertiary/aromatic N) is 5. The molecule has 0 saturated heterocycles. The van der Waals surface area contributed by atoms with Gasteiger partial charge in [0.15, 0.2) is 0 Å². The fourth-order valence-corrected chi connectivity index (χ4v) is 22.3. The topological polar surface area (TPSA) is 63.6 Å². The number of alkyl halides is 6. The van der Waals surface area contributed by atoms with Crippen LogP contribution in [-0.2, 0) is 18.6 Å². The lowest BCUT2D eigenvalue weighted by atomic mass is 9.70. The van der Waals surface area contributed by atoms with Gasteiger partial charge < -0.3 is 19.3 Å². The van der Waals surface area contributed by atoms with Gasteiger partial charge in [-0.1, -0.05) is 267 Å². The van der Waals surface area contributed by atoms with E-state index in [9.17, 15) is 0 Å².